The highest BCUT2D eigenvalue weighted by Gasteiger charge is 2.14. The molecule has 0 aliphatic carbocycles. The Hall–Kier alpha value is -1.88. The van der Waals surface area contributed by atoms with E-state index in [4.69, 9.17) is 4.42 Å². The van der Waals surface area contributed by atoms with E-state index in [1.54, 1.807) is 0 Å². The van der Waals surface area contributed by atoms with Gasteiger partial charge >= 0.3 is 6.01 Å². The zero-order chi connectivity index (χ0) is 15.2. The van der Waals surface area contributed by atoms with Crippen molar-refractivity contribution in [2.75, 3.05) is 11.9 Å². The summed E-state index contributed by atoms with van der Waals surface area (Å²) in [5.41, 5.74) is 2.44. The first-order valence-electron chi connectivity index (χ1n) is 7.50. The van der Waals surface area contributed by atoms with E-state index >= 15 is 0 Å². The van der Waals surface area contributed by atoms with E-state index in [-0.39, 0.29) is 12.1 Å². The van der Waals surface area contributed by atoms with Crippen LogP contribution in [0.1, 0.15) is 56.3 Å². The second-order valence-electron chi connectivity index (χ2n) is 5.40. The van der Waals surface area contributed by atoms with Crippen molar-refractivity contribution in [3.63, 3.8) is 0 Å². The van der Waals surface area contributed by atoms with Crippen molar-refractivity contribution in [3.8, 4) is 0 Å². The van der Waals surface area contributed by atoms with Crippen molar-refractivity contribution in [1.29, 1.82) is 0 Å². The number of rotatable bonds is 7. The van der Waals surface area contributed by atoms with Crippen molar-refractivity contribution in [2.24, 2.45) is 0 Å². The lowest BCUT2D eigenvalue weighted by atomic mass is 10.1. The molecule has 2 N–H and O–H groups in total. The summed E-state index contributed by atoms with van der Waals surface area (Å²) >= 11 is 0. The molecule has 1 heterocycles. The highest BCUT2D eigenvalue weighted by Crippen LogP contribution is 2.20. The zero-order valence-corrected chi connectivity index (χ0v) is 13.2. The molecule has 0 aliphatic heterocycles. The second kappa shape index (κ2) is 7.22. The molecule has 2 atom stereocenters. The molecule has 2 unspecified atom stereocenters. The first kappa shape index (κ1) is 15.5. The van der Waals surface area contributed by atoms with Gasteiger partial charge < -0.3 is 15.1 Å². The third-order valence-corrected chi connectivity index (χ3v) is 3.43. The number of hydrogen-bond acceptors (Lipinski definition) is 5. The Morgan fingerprint density at radius 2 is 1.81 bits per heavy atom. The van der Waals surface area contributed by atoms with Crippen LogP contribution in [-0.4, -0.2) is 16.7 Å². The van der Waals surface area contributed by atoms with Crippen LogP contribution in [0.3, 0.4) is 0 Å². The van der Waals surface area contributed by atoms with Gasteiger partial charge in [-0.15, -0.1) is 5.10 Å². The van der Waals surface area contributed by atoms with E-state index in [0.29, 0.717) is 11.9 Å². The fourth-order valence-corrected chi connectivity index (χ4v) is 2.04. The number of nitrogens with one attached hydrogen (secondary N) is 2. The summed E-state index contributed by atoms with van der Waals surface area (Å²) in [5, 5.41) is 14.7. The Morgan fingerprint density at radius 1 is 1.10 bits per heavy atom. The zero-order valence-electron chi connectivity index (χ0n) is 13.2. The van der Waals surface area contributed by atoms with Gasteiger partial charge in [0.2, 0.25) is 5.89 Å². The topological polar surface area (TPSA) is 63.0 Å². The van der Waals surface area contributed by atoms with E-state index in [0.717, 1.165) is 13.0 Å². The maximum Gasteiger partial charge on any atom is 0.315 e. The molecule has 1 aromatic carbocycles. The predicted octanol–water partition coefficient (Wildman–Crippen LogP) is 3.61. The van der Waals surface area contributed by atoms with Crippen LogP contribution >= 0.6 is 0 Å². The van der Waals surface area contributed by atoms with Gasteiger partial charge in [-0.1, -0.05) is 41.9 Å². The first-order chi connectivity index (χ1) is 10.1. The van der Waals surface area contributed by atoms with Crippen molar-refractivity contribution in [3.05, 3.63) is 41.3 Å². The van der Waals surface area contributed by atoms with E-state index in [1.807, 2.05) is 6.92 Å². The molecule has 0 saturated heterocycles. The molecular formula is C16H24N4O. The largest absolute Gasteiger partial charge is 0.406 e. The fourth-order valence-electron chi connectivity index (χ4n) is 2.04. The summed E-state index contributed by atoms with van der Waals surface area (Å²) in [7, 11) is 0. The standard InChI is InChI=1S/C16H24N4O/c1-5-10-17-13(4)15-19-20-16(21-15)18-12(3)14-8-6-11(2)7-9-14/h6-9,12-13,17H,5,10H2,1-4H3,(H,18,20). The summed E-state index contributed by atoms with van der Waals surface area (Å²) in [6.45, 7) is 9.25. The van der Waals surface area contributed by atoms with Crippen molar-refractivity contribution >= 4 is 6.01 Å². The molecule has 0 bridgehead atoms. The van der Waals surface area contributed by atoms with Crippen molar-refractivity contribution in [1.82, 2.24) is 15.5 Å². The lowest BCUT2D eigenvalue weighted by molar-refractivity contribution is 0.421. The molecule has 114 valence electrons. The maximum atomic E-state index is 5.66. The first-order valence-corrected chi connectivity index (χ1v) is 7.50. The van der Waals surface area contributed by atoms with Crippen LogP contribution in [0.5, 0.6) is 0 Å². The van der Waals surface area contributed by atoms with E-state index in [1.165, 1.54) is 11.1 Å². The Kier molecular flexibility index (Phi) is 5.33. The minimum absolute atomic E-state index is 0.0719. The normalized spacial score (nSPS) is 13.9. The molecule has 5 heteroatoms. The molecule has 21 heavy (non-hydrogen) atoms. The van der Waals surface area contributed by atoms with Crippen molar-refractivity contribution in [2.45, 2.75) is 46.2 Å². The number of aromatic nitrogens is 2. The van der Waals surface area contributed by atoms with Gasteiger partial charge in [0.1, 0.15) is 0 Å². The van der Waals surface area contributed by atoms with E-state index in [2.05, 4.69) is 65.9 Å². The van der Waals surface area contributed by atoms with Crippen LogP contribution in [0.2, 0.25) is 0 Å². The minimum Gasteiger partial charge on any atom is -0.406 e. The van der Waals surface area contributed by atoms with Crippen molar-refractivity contribution < 1.29 is 4.42 Å². The van der Waals surface area contributed by atoms with Gasteiger partial charge in [-0.3, -0.25) is 0 Å². The average molecular weight is 288 g/mol. The molecule has 0 radical (unpaired) electrons. The molecule has 0 aliphatic rings. The van der Waals surface area contributed by atoms with Gasteiger partial charge in [0.15, 0.2) is 0 Å². The fraction of sp³-hybridized carbons (Fsp3) is 0.500. The molecule has 2 aromatic rings. The number of anilines is 1. The summed E-state index contributed by atoms with van der Waals surface area (Å²) < 4.78 is 5.66. The quantitative estimate of drug-likeness (QED) is 0.815. The molecule has 0 spiro atoms. The van der Waals surface area contributed by atoms with Crippen LogP contribution in [0, 0.1) is 6.92 Å². The molecule has 5 nitrogen and oxygen atoms in total. The molecule has 1 aromatic heterocycles. The number of nitrogens with zero attached hydrogens (tertiary/aromatic N) is 2. The molecule has 0 amide bonds. The van der Waals surface area contributed by atoms with Gasteiger partial charge in [0, 0.05) is 0 Å². The predicted molar refractivity (Wildman–Crippen MR) is 84.2 cm³/mol. The monoisotopic (exact) mass is 288 g/mol. The molecule has 2 rings (SSSR count). The van der Waals surface area contributed by atoms with E-state index < -0.39 is 0 Å². The maximum absolute atomic E-state index is 5.66. The van der Waals surface area contributed by atoms with Gasteiger partial charge in [0.25, 0.3) is 0 Å². The molecule has 0 saturated carbocycles. The Bertz CT molecular complexity index is 550. The van der Waals surface area contributed by atoms with Crippen LogP contribution in [0.4, 0.5) is 6.01 Å². The highest BCUT2D eigenvalue weighted by molar-refractivity contribution is 5.30. The van der Waals surface area contributed by atoms with Crippen LogP contribution in [0.15, 0.2) is 28.7 Å². The van der Waals surface area contributed by atoms with Crippen LogP contribution in [0.25, 0.3) is 0 Å². The SMILES string of the molecule is CCCNC(C)c1nnc(NC(C)c2ccc(C)cc2)o1. The number of benzene rings is 1. The summed E-state index contributed by atoms with van der Waals surface area (Å²) in [6, 6.07) is 9.07. The molecular weight excluding hydrogens is 264 g/mol. The summed E-state index contributed by atoms with van der Waals surface area (Å²) in [6.07, 6.45) is 1.08. The van der Waals surface area contributed by atoms with Crippen LogP contribution < -0.4 is 10.6 Å². The Labute approximate surface area is 126 Å². The smallest absolute Gasteiger partial charge is 0.315 e. The Balaban J connectivity index is 1.97. The van der Waals surface area contributed by atoms with Gasteiger partial charge in [-0.05, 0) is 39.3 Å². The summed E-state index contributed by atoms with van der Waals surface area (Å²) in [5.74, 6) is 0.613. The number of hydrogen-bond donors (Lipinski definition) is 2. The average Bonchev–Trinajstić information content (AvgIpc) is 2.94. The van der Waals surface area contributed by atoms with Gasteiger partial charge in [-0.2, -0.15) is 0 Å². The second-order valence-corrected chi connectivity index (χ2v) is 5.40. The lowest BCUT2D eigenvalue weighted by Gasteiger charge is -2.12. The third kappa shape index (κ3) is 4.29. The number of aryl methyl sites for hydroxylation is 1. The Morgan fingerprint density at radius 3 is 2.48 bits per heavy atom. The van der Waals surface area contributed by atoms with Crippen LogP contribution in [-0.2, 0) is 0 Å². The summed E-state index contributed by atoms with van der Waals surface area (Å²) in [4.78, 5) is 0. The van der Waals surface area contributed by atoms with E-state index in [9.17, 15) is 0 Å². The van der Waals surface area contributed by atoms with Gasteiger partial charge in [-0.25, -0.2) is 0 Å². The third-order valence-electron chi connectivity index (χ3n) is 3.43. The van der Waals surface area contributed by atoms with Gasteiger partial charge in [0.05, 0.1) is 12.1 Å². The molecule has 0 fully saturated rings. The lowest BCUT2D eigenvalue weighted by Crippen LogP contribution is -2.19. The minimum atomic E-state index is 0.0719. The highest BCUT2D eigenvalue weighted by atomic mass is 16.4.